The van der Waals surface area contributed by atoms with Gasteiger partial charge in [0.05, 0.1) is 17.1 Å². The number of benzene rings is 1. The lowest BCUT2D eigenvalue weighted by molar-refractivity contribution is 0.0946. The van der Waals surface area contributed by atoms with Crippen LogP contribution in [0.3, 0.4) is 0 Å². The van der Waals surface area contributed by atoms with Crippen LogP contribution in [0.5, 0.6) is 0 Å². The number of nitrogens with zero attached hydrogens (tertiary/aromatic N) is 3. The minimum Gasteiger partial charge on any atom is -0.343 e. The molecule has 0 radical (unpaired) electrons. The lowest BCUT2D eigenvalue weighted by Gasteiger charge is -2.03. The van der Waals surface area contributed by atoms with Crippen LogP contribution in [0.2, 0.25) is 10.0 Å². The Labute approximate surface area is 141 Å². The standard InChI is InChI=1S/C15H10Cl2N4O2/c16-10-3-1-9(2-4-10)14-20-13(23-21-14)8-19-15(22)11-5-6-18-7-12(11)17/h1-7H,8H2,(H,19,22). The van der Waals surface area contributed by atoms with Crippen LogP contribution in [0.1, 0.15) is 16.2 Å². The van der Waals surface area contributed by atoms with Crippen molar-refractivity contribution in [3.8, 4) is 11.4 Å². The molecule has 2 heterocycles. The van der Waals surface area contributed by atoms with Gasteiger partial charge >= 0.3 is 0 Å². The van der Waals surface area contributed by atoms with E-state index in [2.05, 4.69) is 20.4 Å². The third kappa shape index (κ3) is 3.67. The van der Waals surface area contributed by atoms with Gasteiger partial charge in [0.2, 0.25) is 11.7 Å². The van der Waals surface area contributed by atoms with E-state index in [0.29, 0.717) is 16.4 Å². The third-order valence-electron chi connectivity index (χ3n) is 2.99. The number of nitrogens with one attached hydrogen (secondary N) is 1. The smallest absolute Gasteiger partial charge is 0.253 e. The number of amides is 1. The average molecular weight is 349 g/mol. The lowest BCUT2D eigenvalue weighted by Crippen LogP contribution is -2.23. The topological polar surface area (TPSA) is 80.9 Å². The fourth-order valence-electron chi connectivity index (χ4n) is 1.85. The van der Waals surface area contributed by atoms with Crippen LogP contribution in [0.15, 0.2) is 47.2 Å². The first-order chi connectivity index (χ1) is 11.1. The van der Waals surface area contributed by atoms with Gasteiger partial charge in [-0.15, -0.1) is 0 Å². The Kier molecular flexibility index (Phi) is 4.55. The summed E-state index contributed by atoms with van der Waals surface area (Å²) in [5.41, 5.74) is 1.10. The minimum atomic E-state index is -0.344. The van der Waals surface area contributed by atoms with Gasteiger partial charge < -0.3 is 9.84 Å². The van der Waals surface area contributed by atoms with Crippen molar-refractivity contribution < 1.29 is 9.32 Å². The van der Waals surface area contributed by atoms with Gasteiger partial charge in [-0.3, -0.25) is 9.78 Å². The van der Waals surface area contributed by atoms with Gasteiger partial charge in [0.25, 0.3) is 5.91 Å². The maximum atomic E-state index is 12.0. The van der Waals surface area contributed by atoms with E-state index in [1.165, 1.54) is 18.5 Å². The lowest BCUT2D eigenvalue weighted by atomic mass is 10.2. The maximum Gasteiger partial charge on any atom is 0.253 e. The summed E-state index contributed by atoms with van der Waals surface area (Å²) < 4.78 is 5.11. The van der Waals surface area contributed by atoms with Crippen LogP contribution in [0.25, 0.3) is 11.4 Å². The fraction of sp³-hybridized carbons (Fsp3) is 0.0667. The monoisotopic (exact) mass is 348 g/mol. The van der Waals surface area contributed by atoms with E-state index in [0.717, 1.165) is 5.56 Å². The summed E-state index contributed by atoms with van der Waals surface area (Å²) in [6.45, 7) is 0.0953. The van der Waals surface area contributed by atoms with Crippen molar-refractivity contribution in [3.63, 3.8) is 0 Å². The van der Waals surface area contributed by atoms with Crippen molar-refractivity contribution in [2.45, 2.75) is 6.54 Å². The summed E-state index contributed by atoms with van der Waals surface area (Å²) in [6, 6.07) is 8.57. The largest absolute Gasteiger partial charge is 0.343 e. The van der Waals surface area contributed by atoms with E-state index < -0.39 is 0 Å². The molecule has 0 saturated carbocycles. The number of hydrogen-bond acceptors (Lipinski definition) is 5. The molecule has 1 amide bonds. The molecular formula is C15H10Cl2N4O2. The number of pyridine rings is 1. The molecule has 0 unspecified atom stereocenters. The van der Waals surface area contributed by atoms with Crippen molar-refractivity contribution in [1.82, 2.24) is 20.4 Å². The first-order valence-electron chi connectivity index (χ1n) is 6.60. The van der Waals surface area contributed by atoms with Crippen molar-refractivity contribution in [2.24, 2.45) is 0 Å². The molecule has 0 aliphatic carbocycles. The summed E-state index contributed by atoms with van der Waals surface area (Å²) in [4.78, 5) is 20.1. The highest BCUT2D eigenvalue weighted by molar-refractivity contribution is 6.33. The van der Waals surface area contributed by atoms with Crippen molar-refractivity contribution >= 4 is 29.1 Å². The van der Waals surface area contributed by atoms with Crippen LogP contribution in [0.4, 0.5) is 0 Å². The highest BCUT2D eigenvalue weighted by Gasteiger charge is 2.13. The molecule has 8 heteroatoms. The van der Waals surface area contributed by atoms with E-state index >= 15 is 0 Å². The Balaban J connectivity index is 1.67. The highest BCUT2D eigenvalue weighted by atomic mass is 35.5. The number of hydrogen-bond donors (Lipinski definition) is 1. The van der Waals surface area contributed by atoms with Gasteiger partial charge in [-0.25, -0.2) is 0 Å². The molecular weight excluding hydrogens is 339 g/mol. The second kappa shape index (κ2) is 6.76. The number of carbonyl (C=O) groups is 1. The Morgan fingerprint density at radius 2 is 1.96 bits per heavy atom. The Bertz CT molecular complexity index is 834. The molecule has 23 heavy (non-hydrogen) atoms. The normalized spacial score (nSPS) is 10.5. The SMILES string of the molecule is O=C(NCc1nc(-c2ccc(Cl)cc2)no1)c1ccncc1Cl. The number of aromatic nitrogens is 3. The Hall–Kier alpha value is -2.44. The van der Waals surface area contributed by atoms with Crippen LogP contribution in [-0.2, 0) is 6.54 Å². The Morgan fingerprint density at radius 1 is 1.17 bits per heavy atom. The third-order valence-corrected chi connectivity index (χ3v) is 3.54. The van der Waals surface area contributed by atoms with Gasteiger partial charge in [0.1, 0.15) is 0 Å². The van der Waals surface area contributed by atoms with Crippen LogP contribution < -0.4 is 5.32 Å². The Morgan fingerprint density at radius 3 is 2.70 bits per heavy atom. The second-order valence-corrected chi connectivity index (χ2v) is 5.40. The highest BCUT2D eigenvalue weighted by Crippen LogP contribution is 2.18. The fourth-order valence-corrected chi connectivity index (χ4v) is 2.18. The quantitative estimate of drug-likeness (QED) is 0.781. The molecule has 6 nitrogen and oxygen atoms in total. The van der Waals surface area contributed by atoms with Crippen LogP contribution in [0, 0.1) is 0 Å². The molecule has 2 aromatic heterocycles. The number of halogens is 2. The predicted molar refractivity (Wildman–Crippen MR) is 85.2 cm³/mol. The van der Waals surface area contributed by atoms with E-state index in [4.69, 9.17) is 27.7 Å². The molecule has 3 rings (SSSR count). The summed E-state index contributed by atoms with van der Waals surface area (Å²) in [5, 5.41) is 7.43. The molecule has 0 atom stereocenters. The molecule has 1 aromatic carbocycles. The average Bonchev–Trinajstić information content (AvgIpc) is 3.03. The first-order valence-corrected chi connectivity index (χ1v) is 7.35. The molecule has 1 N–H and O–H groups in total. The molecule has 0 saturated heterocycles. The zero-order valence-corrected chi connectivity index (χ0v) is 13.2. The van der Waals surface area contributed by atoms with E-state index in [1.807, 2.05) is 0 Å². The zero-order valence-electron chi connectivity index (χ0n) is 11.7. The first kappa shape index (κ1) is 15.5. The number of carbonyl (C=O) groups excluding carboxylic acids is 1. The molecule has 3 aromatic rings. The summed E-state index contributed by atoms with van der Waals surface area (Å²) >= 11 is 11.7. The van der Waals surface area contributed by atoms with Gasteiger partial charge in [-0.05, 0) is 30.3 Å². The van der Waals surface area contributed by atoms with Crippen molar-refractivity contribution in [3.05, 3.63) is 64.2 Å². The van der Waals surface area contributed by atoms with Crippen molar-refractivity contribution in [1.29, 1.82) is 0 Å². The maximum absolute atomic E-state index is 12.0. The predicted octanol–water partition coefficient (Wildman–Crippen LogP) is 3.37. The van der Waals surface area contributed by atoms with Crippen LogP contribution in [-0.4, -0.2) is 21.0 Å². The van der Waals surface area contributed by atoms with Gasteiger partial charge in [0.15, 0.2) is 0 Å². The molecule has 0 bridgehead atoms. The van der Waals surface area contributed by atoms with E-state index in [9.17, 15) is 4.79 Å². The van der Waals surface area contributed by atoms with Crippen molar-refractivity contribution in [2.75, 3.05) is 0 Å². The molecule has 116 valence electrons. The van der Waals surface area contributed by atoms with Gasteiger partial charge in [-0.2, -0.15) is 4.98 Å². The summed E-state index contributed by atoms with van der Waals surface area (Å²) in [5.74, 6) is 0.366. The summed E-state index contributed by atoms with van der Waals surface area (Å²) in [6.07, 6.45) is 2.90. The number of rotatable bonds is 4. The second-order valence-electron chi connectivity index (χ2n) is 4.56. The molecule has 0 aliphatic heterocycles. The van der Waals surface area contributed by atoms with Crippen LogP contribution >= 0.6 is 23.2 Å². The molecule has 0 fully saturated rings. The van der Waals surface area contributed by atoms with Gasteiger partial charge in [0, 0.05) is 23.0 Å². The van der Waals surface area contributed by atoms with Gasteiger partial charge in [-0.1, -0.05) is 28.4 Å². The van der Waals surface area contributed by atoms with E-state index in [1.54, 1.807) is 24.3 Å². The van der Waals surface area contributed by atoms with E-state index in [-0.39, 0.29) is 23.4 Å². The zero-order chi connectivity index (χ0) is 16.2. The minimum absolute atomic E-state index is 0.0953. The summed E-state index contributed by atoms with van der Waals surface area (Å²) in [7, 11) is 0. The molecule has 0 aliphatic rings. The molecule has 0 spiro atoms.